The third-order valence-corrected chi connectivity index (χ3v) is 5.04. The number of nitrogens with zero attached hydrogens (tertiary/aromatic N) is 2. The summed E-state index contributed by atoms with van der Waals surface area (Å²) >= 11 is 0. The molecule has 0 spiro atoms. The van der Waals surface area contributed by atoms with Crippen molar-refractivity contribution in [1.29, 1.82) is 0 Å². The van der Waals surface area contributed by atoms with Crippen LogP contribution in [-0.2, 0) is 16.8 Å². The van der Waals surface area contributed by atoms with E-state index >= 15 is 0 Å². The number of hydrogen-bond acceptors (Lipinski definition) is 3. The maximum absolute atomic E-state index is 11.0. The van der Waals surface area contributed by atoms with Crippen LogP contribution in [0.5, 0.6) is 0 Å². The van der Waals surface area contributed by atoms with Gasteiger partial charge >= 0.3 is 5.97 Å². The van der Waals surface area contributed by atoms with Crippen LogP contribution in [0, 0.1) is 0 Å². The molecular weight excluding hydrogens is 300 g/mol. The van der Waals surface area contributed by atoms with E-state index in [9.17, 15) is 4.79 Å². The Morgan fingerprint density at radius 2 is 1.79 bits per heavy atom. The van der Waals surface area contributed by atoms with Gasteiger partial charge in [0.1, 0.15) is 0 Å². The predicted molar refractivity (Wildman–Crippen MR) is 98.3 cm³/mol. The van der Waals surface area contributed by atoms with Crippen LogP contribution in [0.25, 0.3) is 0 Å². The van der Waals surface area contributed by atoms with Crippen LogP contribution in [0.2, 0.25) is 0 Å². The van der Waals surface area contributed by atoms with E-state index in [0.29, 0.717) is 6.04 Å². The molecule has 1 aromatic rings. The number of hydrogen-bond donors (Lipinski definition) is 1. The van der Waals surface area contributed by atoms with E-state index < -0.39 is 5.97 Å². The molecule has 0 aliphatic carbocycles. The summed E-state index contributed by atoms with van der Waals surface area (Å²) in [5, 5.41) is 9.02. The first-order chi connectivity index (χ1) is 11.3. The predicted octanol–water partition coefficient (Wildman–Crippen LogP) is 3.36. The van der Waals surface area contributed by atoms with Crippen molar-refractivity contribution in [2.24, 2.45) is 0 Å². The average molecular weight is 332 g/mol. The normalized spacial score (nSPS) is 17.4. The monoisotopic (exact) mass is 332 g/mol. The van der Waals surface area contributed by atoms with Crippen LogP contribution in [0.3, 0.4) is 0 Å². The quantitative estimate of drug-likeness (QED) is 0.867. The van der Waals surface area contributed by atoms with Gasteiger partial charge in [0.2, 0.25) is 0 Å². The van der Waals surface area contributed by atoms with Gasteiger partial charge in [0, 0.05) is 12.6 Å². The Morgan fingerprint density at radius 3 is 2.25 bits per heavy atom. The summed E-state index contributed by atoms with van der Waals surface area (Å²) in [6.07, 6.45) is 2.11. The number of rotatable bonds is 6. The van der Waals surface area contributed by atoms with Gasteiger partial charge in [-0.25, -0.2) is 0 Å². The van der Waals surface area contributed by atoms with Gasteiger partial charge in [-0.2, -0.15) is 0 Å². The van der Waals surface area contributed by atoms with E-state index in [4.69, 9.17) is 5.11 Å². The van der Waals surface area contributed by atoms with Crippen LogP contribution in [0.15, 0.2) is 24.3 Å². The smallest absolute Gasteiger partial charge is 0.317 e. The molecule has 1 saturated heterocycles. The minimum Gasteiger partial charge on any atom is -0.480 e. The van der Waals surface area contributed by atoms with Crippen molar-refractivity contribution in [2.45, 2.75) is 58.5 Å². The molecule has 4 heteroatoms. The van der Waals surface area contributed by atoms with Crippen LogP contribution in [-0.4, -0.2) is 53.1 Å². The summed E-state index contributed by atoms with van der Waals surface area (Å²) in [5.74, 6) is -0.724. The number of carbonyl (C=O) groups is 1. The highest BCUT2D eigenvalue weighted by molar-refractivity contribution is 5.69. The Labute approximate surface area is 146 Å². The lowest BCUT2D eigenvalue weighted by Gasteiger charge is -2.37. The Bertz CT molecular complexity index is 526. The molecule has 134 valence electrons. The van der Waals surface area contributed by atoms with Gasteiger partial charge in [0.05, 0.1) is 6.54 Å². The first-order valence-electron chi connectivity index (χ1n) is 9.07. The van der Waals surface area contributed by atoms with Crippen LogP contribution in [0.1, 0.15) is 51.7 Å². The molecular formula is C20H32N2O2. The standard InChI is InChI=1S/C20H32N2O2/c1-5-22(15-19(23)24)18-10-12-21(13-11-18)14-16-6-8-17(9-7-16)20(2,3)4/h6-9,18H,5,10-15H2,1-4H3,(H,23,24). The molecule has 0 atom stereocenters. The summed E-state index contributed by atoms with van der Waals surface area (Å²) in [6.45, 7) is 12.8. The third kappa shape index (κ3) is 5.32. The zero-order valence-electron chi connectivity index (χ0n) is 15.6. The summed E-state index contributed by atoms with van der Waals surface area (Å²) in [7, 11) is 0. The van der Waals surface area contributed by atoms with E-state index in [1.165, 1.54) is 11.1 Å². The SMILES string of the molecule is CCN(CC(=O)O)C1CCN(Cc2ccc(C(C)(C)C)cc2)CC1. The molecule has 1 aliphatic heterocycles. The highest BCUT2D eigenvalue weighted by Gasteiger charge is 2.25. The second-order valence-corrected chi connectivity index (χ2v) is 7.91. The maximum Gasteiger partial charge on any atom is 0.317 e. The summed E-state index contributed by atoms with van der Waals surface area (Å²) in [5.41, 5.74) is 2.93. The number of piperidine rings is 1. The van der Waals surface area contributed by atoms with Crippen molar-refractivity contribution < 1.29 is 9.90 Å². The van der Waals surface area contributed by atoms with Gasteiger partial charge < -0.3 is 5.11 Å². The Morgan fingerprint density at radius 1 is 1.21 bits per heavy atom. The number of carboxylic acid groups (broad SMARTS) is 1. The van der Waals surface area contributed by atoms with Gasteiger partial charge in [-0.1, -0.05) is 52.0 Å². The van der Waals surface area contributed by atoms with Crippen molar-refractivity contribution in [3.63, 3.8) is 0 Å². The van der Waals surface area contributed by atoms with Gasteiger partial charge in [-0.15, -0.1) is 0 Å². The van der Waals surface area contributed by atoms with Crippen molar-refractivity contribution >= 4 is 5.97 Å². The molecule has 24 heavy (non-hydrogen) atoms. The van der Waals surface area contributed by atoms with Gasteiger partial charge in [0.25, 0.3) is 0 Å². The molecule has 1 N–H and O–H groups in total. The Hall–Kier alpha value is -1.39. The molecule has 1 aromatic carbocycles. The van der Waals surface area contributed by atoms with Crippen LogP contribution < -0.4 is 0 Å². The molecule has 2 rings (SSSR count). The number of likely N-dealkylation sites (N-methyl/N-ethyl adjacent to an activating group) is 1. The van der Waals surface area contributed by atoms with Crippen molar-refractivity contribution in [2.75, 3.05) is 26.2 Å². The highest BCUT2D eigenvalue weighted by atomic mass is 16.4. The first-order valence-corrected chi connectivity index (χ1v) is 9.07. The van der Waals surface area contributed by atoms with E-state index in [1.54, 1.807) is 0 Å². The van der Waals surface area contributed by atoms with Gasteiger partial charge in [-0.3, -0.25) is 14.6 Å². The molecule has 0 radical (unpaired) electrons. The Kier molecular flexibility index (Phi) is 6.41. The highest BCUT2D eigenvalue weighted by Crippen LogP contribution is 2.23. The second-order valence-electron chi connectivity index (χ2n) is 7.91. The summed E-state index contributed by atoms with van der Waals surface area (Å²) in [4.78, 5) is 15.5. The topological polar surface area (TPSA) is 43.8 Å². The number of aliphatic carboxylic acids is 1. The zero-order valence-corrected chi connectivity index (χ0v) is 15.6. The average Bonchev–Trinajstić information content (AvgIpc) is 2.53. The summed E-state index contributed by atoms with van der Waals surface area (Å²) in [6, 6.07) is 9.39. The van der Waals surface area contributed by atoms with E-state index in [-0.39, 0.29) is 12.0 Å². The number of carboxylic acids is 1. The lowest BCUT2D eigenvalue weighted by atomic mass is 9.86. The fourth-order valence-corrected chi connectivity index (χ4v) is 3.48. The molecule has 0 saturated carbocycles. The summed E-state index contributed by atoms with van der Waals surface area (Å²) < 4.78 is 0. The van der Waals surface area contributed by atoms with E-state index in [2.05, 4.69) is 54.8 Å². The molecule has 4 nitrogen and oxygen atoms in total. The van der Waals surface area contributed by atoms with Crippen molar-refractivity contribution in [1.82, 2.24) is 9.80 Å². The molecule has 1 aliphatic rings. The fourth-order valence-electron chi connectivity index (χ4n) is 3.48. The lowest BCUT2D eigenvalue weighted by molar-refractivity contribution is -0.139. The van der Waals surface area contributed by atoms with Crippen LogP contribution in [0.4, 0.5) is 0 Å². The Balaban J connectivity index is 1.85. The minimum absolute atomic E-state index is 0.162. The number of likely N-dealkylation sites (tertiary alicyclic amines) is 1. The molecule has 0 unspecified atom stereocenters. The van der Waals surface area contributed by atoms with Gasteiger partial charge in [-0.05, 0) is 49.0 Å². The largest absolute Gasteiger partial charge is 0.480 e. The fraction of sp³-hybridized carbons (Fsp3) is 0.650. The van der Waals surface area contributed by atoms with Crippen molar-refractivity contribution in [3.05, 3.63) is 35.4 Å². The zero-order chi connectivity index (χ0) is 17.7. The van der Waals surface area contributed by atoms with E-state index in [0.717, 1.165) is 39.0 Å². The lowest BCUT2D eigenvalue weighted by Crippen LogP contribution is -2.46. The third-order valence-electron chi connectivity index (χ3n) is 5.04. The number of benzene rings is 1. The molecule has 0 bridgehead atoms. The molecule has 1 fully saturated rings. The maximum atomic E-state index is 11.0. The molecule has 1 heterocycles. The van der Waals surface area contributed by atoms with Crippen LogP contribution >= 0.6 is 0 Å². The van der Waals surface area contributed by atoms with Gasteiger partial charge in [0.15, 0.2) is 0 Å². The second kappa shape index (κ2) is 8.13. The van der Waals surface area contributed by atoms with Crippen molar-refractivity contribution in [3.8, 4) is 0 Å². The molecule has 0 aromatic heterocycles. The first kappa shape index (κ1) is 18.9. The van der Waals surface area contributed by atoms with E-state index in [1.807, 2.05) is 6.92 Å². The minimum atomic E-state index is -0.724. The molecule has 0 amide bonds.